The minimum absolute atomic E-state index is 0. The predicted molar refractivity (Wildman–Crippen MR) is 61.1 cm³/mol. The van der Waals surface area contributed by atoms with E-state index in [4.69, 9.17) is 4.55 Å². The fraction of sp³-hybridized carbons (Fsp3) is 0.143. The van der Waals surface area contributed by atoms with Gasteiger partial charge >= 0.3 is 10.1 Å². The van der Waals surface area contributed by atoms with Crippen LogP contribution in [0.3, 0.4) is 0 Å². The van der Waals surface area contributed by atoms with Crippen molar-refractivity contribution in [1.82, 2.24) is 19.9 Å². The predicted octanol–water partition coefficient (Wildman–Crippen LogP) is -1.82. The van der Waals surface area contributed by atoms with E-state index in [1.807, 2.05) is 4.98 Å². The summed E-state index contributed by atoms with van der Waals surface area (Å²) in [5, 5.41) is -0.994. The van der Waals surface area contributed by atoms with Crippen molar-refractivity contribution in [2.75, 3.05) is 0 Å². The van der Waals surface area contributed by atoms with Crippen LogP contribution in [0.4, 0.5) is 0 Å². The Labute approximate surface area is 142 Å². The molecule has 0 amide bonds. The molecule has 0 saturated carbocycles. The molecule has 1 radical (unpaired) electrons. The molecular weight excluding hydrogens is 291 g/mol. The molecule has 0 saturated heterocycles. The molecule has 0 aliphatic rings. The van der Waals surface area contributed by atoms with Crippen LogP contribution in [-0.4, -0.2) is 84.3 Å². The minimum Gasteiger partial charge on any atom is -0.309 e. The number of hydrogen-bond acceptors (Lipinski definition) is 6. The topological polar surface area (TPSA) is 146 Å². The van der Waals surface area contributed by atoms with Gasteiger partial charge in [0.05, 0.1) is 0 Å². The van der Waals surface area contributed by atoms with Crippen LogP contribution >= 0.6 is 0 Å². The zero-order valence-electron chi connectivity index (χ0n) is 9.38. The summed E-state index contributed by atoms with van der Waals surface area (Å²) in [6, 6.07) is 0. The summed E-state index contributed by atoms with van der Waals surface area (Å²) < 4.78 is 30.3. The number of aromatic amines is 2. The first-order valence-corrected chi connectivity index (χ1v) is 5.71. The van der Waals surface area contributed by atoms with Crippen molar-refractivity contribution in [2.45, 2.75) is 12.1 Å². The number of aryl methyl sites for hydroxylation is 1. The third kappa shape index (κ3) is 2.93. The van der Waals surface area contributed by atoms with Gasteiger partial charge in [-0.2, -0.15) is 8.42 Å². The Morgan fingerprint density at radius 3 is 2.11 bits per heavy atom. The van der Waals surface area contributed by atoms with Crippen LogP contribution in [0.15, 0.2) is 14.7 Å². The average molecular weight is 297 g/mol. The van der Waals surface area contributed by atoms with Crippen molar-refractivity contribution in [1.29, 1.82) is 0 Å². The van der Waals surface area contributed by atoms with E-state index in [0.29, 0.717) is 0 Å². The zero-order valence-corrected chi connectivity index (χ0v) is 13.3. The summed E-state index contributed by atoms with van der Waals surface area (Å²) in [6.45, 7) is 1.46. The third-order valence-corrected chi connectivity index (χ3v) is 2.59. The molecule has 3 N–H and O–H groups in total. The Morgan fingerprint density at radius 2 is 1.56 bits per heavy atom. The second kappa shape index (κ2) is 5.28. The molecule has 2 heterocycles. The van der Waals surface area contributed by atoms with Gasteiger partial charge < -0.3 is 4.98 Å². The summed E-state index contributed by atoms with van der Waals surface area (Å²) in [7, 11) is -4.69. The van der Waals surface area contributed by atoms with Crippen molar-refractivity contribution in [3.8, 4) is 0 Å². The van der Waals surface area contributed by atoms with Crippen molar-refractivity contribution in [3.63, 3.8) is 0 Å². The Bertz CT molecular complexity index is 824. The number of aromatic nitrogens is 4. The van der Waals surface area contributed by atoms with Gasteiger partial charge in [0, 0.05) is 51.4 Å². The maximum absolute atomic E-state index is 11.5. The number of nitrogens with zero attached hydrogens (tertiary/aromatic N) is 2. The monoisotopic (exact) mass is 297 g/mol. The zero-order chi connectivity index (χ0) is 12.8. The molecule has 2 aromatic heterocycles. The van der Waals surface area contributed by atoms with Gasteiger partial charge in [0.1, 0.15) is 5.82 Å². The van der Waals surface area contributed by atoms with Crippen LogP contribution in [0.25, 0.3) is 11.0 Å². The molecule has 91 valence electrons. The first-order chi connectivity index (χ1) is 7.79. The molecule has 18 heavy (non-hydrogen) atoms. The number of nitrogens with one attached hydrogen (secondary N) is 2. The largest absolute Gasteiger partial charge is 0.328 e. The van der Waals surface area contributed by atoms with E-state index < -0.39 is 31.9 Å². The van der Waals surface area contributed by atoms with Crippen LogP contribution < -0.4 is 11.1 Å². The summed E-state index contributed by atoms with van der Waals surface area (Å²) in [5.41, 5.74) is -2.43. The van der Waals surface area contributed by atoms with Gasteiger partial charge in [0.15, 0.2) is 11.0 Å². The van der Waals surface area contributed by atoms with E-state index in [2.05, 4.69) is 15.0 Å². The van der Waals surface area contributed by atoms with E-state index in [1.165, 1.54) is 6.92 Å². The van der Waals surface area contributed by atoms with Crippen LogP contribution in [-0.2, 0) is 10.1 Å². The van der Waals surface area contributed by atoms with Crippen molar-refractivity contribution >= 4 is 72.5 Å². The molecule has 9 nitrogen and oxygen atoms in total. The van der Waals surface area contributed by atoms with Crippen molar-refractivity contribution in [3.05, 3.63) is 26.5 Å². The van der Waals surface area contributed by atoms with Crippen molar-refractivity contribution in [2.24, 2.45) is 0 Å². The Hall–Kier alpha value is -0.434. The summed E-state index contributed by atoms with van der Waals surface area (Å²) in [6.07, 6.45) is 0. The maximum Gasteiger partial charge on any atom is 0.328 e. The Morgan fingerprint density at radius 1 is 1.06 bits per heavy atom. The molecule has 0 fully saturated rings. The van der Waals surface area contributed by atoms with E-state index in [-0.39, 0.29) is 62.7 Å². The molecular formula is C7H6KN4O5S. The second-order valence-corrected chi connectivity index (χ2v) is 4.53. The molecule has 0 bridgehead atoms. The molecule has 11 heteroatoms. The Balaban J connectivity index is 0.00000162. The molecule has 2 aromatic rings. The fourth-order valence-electron chi connectivity index (χ4n) is 1.25. The average Bonchev–Trinajstić information content (AvgIpc) is 2.17. The Kier molecular flexibility index (Phi) is 4.59. The molecule has 0 aliphatic heterocycles. The molecule has 0 spiro atoms. The van der Waals surface area contributed by atoms with E-state index >= 15 is 0 Å². The van der Waals surface area contributed by atoms with Gasteiger partial charge in [-0.05, 0) is 6.92 Å². The van der Waals surface area contributed by atoms with Gasteiger partial charge in [-0.15, -0.1) is 0 Å². The van der Waals surface area contributed by atoms with Gasteiger partial charge in [-0.25, -0.2) is 9.97 Å². The first kappa shape index (κ1) is 15.6. The first-order valence-electron chi connectivity index (χ1n) is 4.27. The molecule has 0 aromatic carbocycles. The smallest absolute Gasteiger partial charge is 0.309 e. The SMILES string of the molecule is Cc1nc2c(=O)[nH]c(S(=O)(=O)O)nc2c(=O)[nH]1.[K]. The normalized spacial score (nSPS) is 11.2. The fourth-order valence-corrected chi connectivity index (χ4v) is 1.68. The van der Waals surface area contributed by atoms with Crippen LogP contribution in [0.2, 0.25) is 0 Å². The van der Waals surface area contributed by atoms with Crippen molar-refractivity contribution < 1.29 is 13.0 Å². The summed E-state index contributed by atoms with van der Waals surface area (Å²) >= 11 is 0. The number of hydrogen-bond donors (Lipinski definition) is 3. The second-order valence-electron chi connectivity index (χ2n) is 3.19. The quantitative estimate of drug-likeness (QED) is 0.319. The summed E-state index contributed by atoms with van der Waals surface area (Å²) in [5.74, 6) is 0.189. The minimum atomic E-state index is -4.69. The molecule has 0 atom stereocenters. The van der Waals surface area contributed by atoms with Gasteiger partial charge in [0.25, 0.3) is 16.3 Å². The van der Waals surface area contributed by atoms with Crippen LogP contribution in [0.5, 0.6) is 0 Å². The molecule has 0 unspecified atom stereocenters. The van der Waals surface area contributed by atoms with Gasteiger partial charge in [-0.1, -0.05) is 0 Å². The van der Waals surface area contributed by atoms with Crippen LogP contribution in [0, 0.1) is 6.92 Å². The number of rotatable bonds is 1. The van der Waals surface area contributed by atoms with Crippen LogP contribution in [0.1, 0.15) is 5.82 Å². The number of H-pyrrole nitrogens is 2. The third-order valence-electron chi connectivity index (χ3n) is 1.91. The number of fused-ring (bicyclic) bond motifs is 1. The molecule has 2 rings (SSSR count). The van der Waals surface area contributed by atoms with Gasteiger partial charge in [0.2, 0.25) is 0 Å². The van der Waals surface area contributed by atoms with E-state index in [1.54, 1.807) is 0 Å². The standard InChI is InChI=1S/C7H6N4O5S.K/c1-2-8-3-4(5(12)9-2)10-7(11-6(3)13)17(14,15)16;/h1H3,(H,8,9,12)(H,10,11,13)(H,14,15,16);. The van der Waals surface area contributed by atoms with Gasteiger partial charge in [-0.3, -0.25) is 19.1 Å². The van der Waals surface area contributed by atoms with E-state index in [0.717, 1.165) is 0 Å². The van der Waals surface area contributed by atoms with E-state index in [9.17, 15) is 18.0 Å². The molecule has 0 aliphatic carbocycles. The maximum atomic E-state index is 11.5. The summed E-state index contributed by atoms with van der Waals surface area (Å²) in [4.78, 5) is 34.1.